The molecular weight excluding hydrogens is 398 g/mol. The van der Waals surface area contributed by atoms with E-state index in [-0.39, 0.29) is 23.7 Å². The Hall–Kier alpha value is -1.90. The highest BCUT2D eigenvalue weighted by Gasteiger charge is 2.34. The number of sulfonamides is 1. The van der Waals surface area contributed by atoms with E-state index in [4.69, 9.17) is 4.74 Å². The predicted octanol–water partition coefficient (Wildman–Crippen LogP) is 2.51. The Labute approximate surface area is 167 Å². The van der Waals surface area contributed by atoms with E-state index in [1.165, 1.54) is 23.5 Å². The first-order chi connectivity index (χ1) is 13.3. The van der Waals surface area contributed by atoms with Crippen molar-refractivity contribution in [3.63, 3.8) is 0 Å². The van der Waals surface area contributed by atoms with Gasteiger partial charge in [0.25, 0.3) is 0 Å². The van der Waals surface area contributed by atoms with Gasteiger partial charge < -0.3 is 4.74 Å². The Bertz CT molecular complexity index is 979. The molecule has 8 heteroatoms. The molecule has 28 heavy (non-hydrogen) atoms. The lowest BCUT2D eigenvalue weighted by atomic mass is 10.2. The summed E-state index contributed by atoms with van der Waals surface area (Å²) in [5.41, 5.74) is 0.975. The maximum absolute atomic E-state index is 12.8. The number of hydrogen-bond acceptors (Lipinski definition) is 5. The molecule has 0 aliphatic carbocycles. The van der Waals surface area contributed by atoms with E-state index in [2.05, 4.69) is 0 Å². The van der Waals surface area contributed by atoms with Crippen LogP contribution >= 0.6 is 0 Å². The van der Waals surface area contributed by atoms with Crippen LogP contribution < -0.4 is 4.74 Å². The first-order valence-corrected chi connectivity index (χ1v) is 12.4. The van der Waals surface area contributed by atoms with Crippen molar-refractivity contribution in [1.29, 1.82) is 0 Å². The standard InChI is InChI=1S/C20H25NO5S2/c1-26-18-7-9-19(10-8-18)28(24,25)20-11-14-21(15-12-20)27(22,23)16-13-17-5-3-2-4-6-17/h2-10,20H,11-16H2,1H3. The molecule has 0 unspecified atom stereocenters. The fourth-order valence-electron chi connectivity index (χ4n) is 3.40. The SMILES string of the molecule is COc1ccc(S(=O)(=O)C2CCN(S(=O)(=O)CCc3ccccc3)CC2)cc1. The molecule has 0 N–H and O–H groups in total. The van der Waals surface area contributed by atoms with Crippen molar-refractivity contribution in [3.05, 3.63) is 60.2 Å². The summed E-state index contributed by atoms with van der Waals surface area (Å²) in [7, 11) is -5.37. The largest absolute Gasteiger partial charge is 0.497 e. The van der Waals surface area contributed by atoms with Gasteiger partial charge in [-0.2, -0.15) is 0 Å². The lowest BCUT2D eigenvalue weighted by Crippen LogP contribution is -2.43. The Balaban J connectivity index is 1.61. The van der Waals surface area contributed by atoms with Gasteiger partial charge in [0.15, 0.2) is 9.84 Å². The number of rotatable bonds is 7. The summed E-state index contributed by atoms with van der Waals surface area (Å²) in [5, 5.41) is -0.568. The van der Waals surface area contributed by atoms with Crippen molar-refractivity contribution in [2.24, 2.45) is 0 Å². The minimum atomic E-state index is -3.49. The minimum absolute atomic E-state index is 0.0346. The van der Waals surface area contributed by atoms with Crippen LogP contribution in [0.5, 0.6) is 5.75 Å². The lowest BCUT2D eigenvalue weighted by molar-refractivity contribution is 0.345. The second-order valence-corrected chi connectivity index (χ2v) is 11.2. The zero-order valence-electron chi connectivity index (χ0n) is 15.8. The van der Waals surface area contributed by atoms with E-state index in [0.717, 1.165) is 5.56 Å². The summed E-state index contributed by atoms with van der Waals surface area (Å²) in [6, 6.07) is 15.8. The van der Waals surface area contributed by atoms with Gasteiger partial charge in [0.2, 0.25) is 10.0 Å². The molecule has 2 aromatic rings. The molecule has 0 radical (unpaired) electrons. The molecule has 152 valence electrons. The first-order valence-electron chi connectivity index (χ1n) is 9.22. The second-order valence-electron chi connectivity index (χ2n) is 6.87. The van der Waals surface area contributed by atoms with Crippen LogP contribution in [0.1, 0.15) is 18.4 Å². The molecule has 0 amide bonds. The number of nitrogens with zero attached hydrogens (tertiary/aromatic N) is 1. The Morgan fingerprint density at radius 2 is 1.54 bits per heavy atom. The van der Waals surface area contributed by atoms with Gasteiger partial charge >= 0.3 is 0 Å². The molecule has 0 bridgehead atoms. The number of benzene rings is 2. The van der Waals surface area contributed by atoms with E-state index in [1.807, 2.05) is 30.3 Å². The third kappa shape index (κ3) is 4.74. The molecule has 2 aromatic carbocycles. The van der Waals surface area contributed by atoms with Crippen molar-refractivity contribution in [1.82, 2.24) is 4.31 Å². The topological polar surface area (TPSA) is 80.8 Å². The van der Waals surface area contributed by atoms with Gasteiger partial charge in [0, 0.05) is 13.1 Å². The highest BCUT2D eigenvalue weighted by Crippen LogP contribution is 2.27. The van der Waals surface area contributed by atoms with E-state index >= 15 is 0 Å². The molecule has 1 saturated heterocycles. The third-order valence-corrected chi connectivity index (χ3v) is 9.26. The van der Waals surface area contributed by atoms with Crippen molar-refractivity contribution in [2.75, 3.05) is 26.0 Å². The number of ether oxygens (including phenoxy) is 1. The second kappa shape index (κ2) is 8.63. The minimum Gasteiger partial charge on any atom is -0.497 e. The van der Waals surface area contributed by atoms with Crippen LogP contribution in [0.25, 0.3) is 0 Å². The number of aryl methyl sites for hydroxylation is 1. The normalized spacial score (nSPS) is 16.8. The highest BCUT2D eigenvalue weighted by molar-refractivity contribution is 7.92. The summed E-state index contributed by atoms with van der Waals surface area (Å²) < 4.78 is 57.4. The average Bonchev–Trinajstić information content (AvgIpc) is 2.73. The van der Waals surface area contributed by atoms with Crippen LogP contribution in [0.3, 0.4) is 0 Å². The van der Waals surface area contributed by atoms with Gasteiger partial charge in [-0.3, -0.25) is 0 Å². The van der Waals surface area contributed by atoms with Crippen molar-refractivity contribution in [3.8, 4) is 5.75 Å². The zero-order chi connectivity index (χ0) is 20.2. The van der Waals surface area contributed by atoms with Crippen LogP contribution in [-0.2, 0) is 26.3 Å². The Morgan fingerprint density at radius 3 is 2.11 bits per heavy atom. The number of methoxy groups -OCH3 is 1. The predicted molar refractivity (Wildman–Crippen MR) is 109 cm³/mol. The molecule has 0 saturated carbocycles. The fraction of sp³-hybridized carbons (Fsp3) is 0.400. The van der Waals surface area contributed by atoms with Crippen LogP contribution in [0.15, 0.2) is 59.5 Å². The van der Waals surface area contributed by atoms with Gasteiger partial charge in [-0.15, -0.1) is 0 Å². The summed E-state index contributed by atoms with van der Waals surface area (Å²) in [4.78, 5) is 0.249. The maximum Gasteiger partial charge on any atom is 0.214 e. The number of sulfone groups is 1. The van der Waals surface area contributed by atoms with Crippen molar-refractivity contribution < 1.29 is 21.6 Å². The molecule has 0 spiro atoms. The first kappa shape index (κ1) is 20.8. The average molecular weight is 424 g/mol. The molecule has 6 nitrogen and oxygen atoms in total. The van der Waals surface area contributed by atoms with Gasteiger partial charge in [-0.25, -0.2) is 21.1 Å². The van der Waals surface area contributed by atoms with Crippen molar-refractivity contribution >= 4 is 19.9 Å². The quantitative estimate of drug-likeness (QED) is 0.684. The van der Waals surface area contributed by atoms with Gasteiger partial charge in [-0.05, 0) is 49.1 Å². The van der Waals surface area contributed by atoms with Crippen LogP contribution in [0, 0.1) is 0 Å². The van der Waals surface area contributed by atoms with Crippen LogP contribution in [0.4, 0.5) is 0 Å². The smallest absolute Gasteiger partial charge is 0.214 e. The van der Waals surface area contributed by atoms with E-state index < -0.39 is 25.1 Å². The Kier molecular flexibility index (Phi) is 6.42. The molecule has 1 aliphatic rings. The summed E-state index contributed by atoms with van der Waals surface area (Å²) in [5.74, 6) is 0.630. The highest BCUT2D eigenvalue weighted by atomic mass is 32.2. The van der Waals surface area contributed by atoms with Crippen molar-refractivity contribution in [2.45, 2.75) is 29.4 Å². The summed E-state index contributed by atoms with van der Waals surface area (Å²) in [6.07, 6.45) is 1.06. The maximum atomic E-state index is 12.8. The molecule has 0 aromatic heterocycles. The zero-order valence-corrected chi connectivity index (χ0v) is 17.5. The molecule has 1 aliphatic heterocycles. The third-order valence-electron chi connectivity index (χ3n) is 5.11. The molecular formula is C20H25NO5S2. The van der Waals surface area contributed by atoms with Gasteiger partial charge in [-0.1, -0.05) is 30.3 Å². The van der Waals surface area contributed by atoms with E-state index in [0.29, 0.717) is 25.0 Å². The summed E-state index contributed by atoms with van der Waals surface area (Å²) in [6.45, 7) is 0.467. The fourth-order valence-corrected chi connectivity index (χ4v) is 6.65. The molecule has 1 heterocycles. The molecule has 1 fully saturated rings. The number of hydrogen-bond donors (Lipinski definition) is 0. The van der Waals surface area contributed by atoms with E-state index in [9.17, 15) is 16.8 Å². The lowest BCUT2D eigenvalue weighted by Gasteiger charge is -2.31. The van der Waals surface area contributed by atoms with Gasteiger partial charge in [0.1, 0.15) is 5.75 Å². The Morgan fingerprint density at radius 1 is 0.929 bits per heavy atom. The van der Waals surface area contributed by atoms with Gasteiger partial charge in [0.05, 0.1) is 23.0 Å². The van der Waals surface area contributed by atoms with Crippen LogP contribution in [0.2, 0.25) is 0 Å². The van der Waals surface area contributed by atoms with E-state index in [1.54, 1.807) is 12.1 Å². The molecule has 0 atom stereocenters. The number of piperidine rings is 1. The summed E-state index contributed by atoms with van der Waals surface area (Å²) >= 11 is 0. The van der Waals surface area contributed by atoms with Crippen LogP contribution in [-0.4, -0.2) is 52.3 Å². The molecule has 3 rings (SSSR count). The monoisotopic (exact) mass is 423 g/mol.